The number of piperidine rings is 1. The fraction of sp³-hybridized carbons (Fsp3) is 0.560. The molecule has 2 aromatic heterocycles. The van der Waals surface area contributed by atoms with Crippen LogP contribution in [-0.4, -0.2) is 69.1 Å². The molecule has 2 aliphatic heterocycles. The van der Waals surface area contributed by atoms with E-state index in [2.05, 4.69) is 20.2 Å². The number of rotatable bonds is 9. The summed E-state index contributed by atoms with van der Waals surface area (Å²) >= 11 is 12.4. The first-order valence-electron chi connectivity index (χ1n) is 12.5. The Bertz CT molecular complexity index is 1160. The van der Waals surface area contributed by atoms with Crippen molar-refractivity contribution in [2.45, 2.75) is 32.2 Å². The number of hydrogen-bond donors (Lipinski definition) is 2. The van der Waals surface area contributed by atoms with Gasteiger partial charge in [0.2, 0.25) is 5.95 Å². The molecule has 4 heterocycles. The fourth-order valence-corrected chi connectivity index (χ4v) is 5.70. The highest BCUT2D eigenvalue weighted by atomic mass is 35.5. The molecule has 0 aliphatic carbocycles. The molecule has 1 unspecified atom stereocenters. The number of unbranched alkanes of at least 4 members (excludes halogenated alkanes) is 1. The van der Waals surface area contributed by atoms with Crippen molar-refractivity contribution in [3.8, 4) is 0 Å². The lowest BCUT2D eigenvalue weighted by molar-refractivity contribution is 0.116. The summed E-state index contributed by atoms with van der Waals surface area (Å²) in [6, 6.07) is 5.51. The van der Waals surface area contributed by atoms with Gasteiger partial charge in [-0.15, -0.1) is 0 Å². The summed E-state index contributed by atoms with van der Waals surface area (Å²) in [5, 5.41) is 18.3. The Kier molecular flexibility index (Phi) is 7.62. The van der Waals surface area contributed by atoms with E-state index in [1.807, 2.05) is 25.4 Å². The van der Waals surface area contributed by atoms with Crippen molar-refractivity contribution < 1.29 is 5.11 Å². The van der Waals surface area contributed by atoms with Gasteiger partial charge in [-0.25, -0.2) is 4.98 Å². The number of fused-ring (bicyclic) bond motifs is 1. The van der Waals surface area contributed by atoms with E-state index >= 15 is 0 Å². The van der Waals surface area contributed by atoms with Crippen molar-refractivity contribution in [1.82, 2.24) is 24.6 Å². The van der Waals surface area contributed by atoms with Gasteiger partial charge in [0, 0.05) is 49.9 Å². The zero-order valence-corrected chi connectivity index (χ0v) is 21.6. The quantitative estimate of drug-likeness (QED) is 0.411. The number of nitrogens with zero attached hydrogens (tertiary/aromatic N) is 6. The van der Waals surface area contributed by atoms with Crippen LogP contribution in [0.3, 0.4) is 0 Å². The second kappa shape index (κ2) is 10.9. The highest BCUT2D eigenvalue weighted by Crippen LogP contribution is 2.34. The van der Waals surface area contributed by atoms with E-state index in [0.717, 1.165) is 60.9 Å². The van der Waals surface area contributed by atoms with Crippen molar-refractivity contribution in [3.63, 3.8) is 0 Å². The maximum absolute atomic E-state index is 9.06. The van der Waals surface area contributed by atoms with Gasteiger partial charge in [0.1, 0.15) is 5.52 Å². The number of aromatic nitrogens is 4. The lowest BCUT2D eigenvalue weighted by Gasteiger charge is -2.46. The fourth-order valence-electron chi connectivity index (χ4n) is 5.22. The number of aliphatic hydroxyl groups is 1. The van der Waals surface area contributed by atoms with Gasteiger partial charge < -0.3 is 20.2 Å². The summed E-state index contributed by atoms with van der Waals surface area (Å²) in [6.45, 7) is 6.25. The van der Waals surface area contributed by atoms with E-state index in [9.17, 15) is 0 Å². The summed E-state index contributed by atoms with van der Waals surface area (Å²) in [5.41, 5.74) is 2.53. The van der Waals surface area contributed by atoms with Crippen molar-refractivity contribution in [1.29, 1.82) is 0 Å². The minimum atomic E-state index is 0.291. The maximum Gasteiger partial charge on any atom is 0.228 e. The molecule has 2 fully saturated rings. The molecule has 1 atom stereocenters. The number of hydrogen-bond acceptors (Lipinski definition) is 7. The van der Waals surface area contributed by atoms with Gasteiger partial charge in [-0.05, 0) is 68.3 Å². The third kappa shape index (κ3) is 5.66. The Balaban J connectivity index is 1.25. The minimum absolute atomic E-state index is 0.291. The third-order valence-electron chi connectivity index (χ3n) is 7.21. The van der Waals surface area contributed by atoms with Gasteiger partial charge in [0.05, 0.1) is 6.20 Å². The molecule has 35 heavy (non-hydrogen) atoms. The van der Waals surface area contributed by atoms with Gasteiger partial charge >= 0.3 is 0 Å². The summed E-state index contributed by atoms with van der Waals surface area (Å²) in [6.07, 6.45) is 6.47. The molecule has 0 amide bonds. The van der Waals surface area contributed by atoms with Crippen molar-refractivity contribution in [2.24, 2.45) is 18.9 Å². The monoisotopic (exact) mass is 517 g/mol. The number of anilines is 2. The maximum atomic E-state index is 9.06. The van der Waals surface area contributed by atoms with E-state index in [0.29, 0.717) is 34.9 Å². The predicted molar refractivity (Wildman–Crippen MR) is 141 cm³/mol. The van der Waals surface area contributed by atoms with Crippen LogP contribution in [0.2, 0.25) is 10.0 Å². The van der Waals surface area contributed by atoms with Crippen molar-refractivity contribution in [2.75, 3.05) is 49.5 Å². The Morgan fingerprint density at radius 2 is 1.97 bits per heavy atom. The summed E-state index contributed by atoms with van der Waals surface area (Å²) < 4.78 is 1.77. The number of aliphatic hydroxyl groups excluding tert-OH is 1. The third-order valence-corrected chi connectivity index (χ3v) is 7.80. The smallest absolute Gasteiger partial charge is 0.228 e. The molecule has 10 heteroatoms. The Morgan fingerprint density at radius 1 is 1.11 bits per heavy atom. The number of likely N-dealkylation sites (tertiary alicyclic amines) is 1. The molecule has 8 nitrogen and oxygen atoms in total. The average Bonchev–Trinajstić information content (AvgIpc) is 3.18. The molecular formula is C25H33Cl2N7O. The van der Waals surface area contributed by atoms with Crippen LogP contribution in [0.1, 0.15) is 31.2 Å². The first kappa shape index (κ1) is 24.6. The summed E-state index contributed by atoms with van der Waals surface area (Å²) in [7, 11) is 1.90. The second-order valence-electron chi connectivity index (χ2n) is 9.80. The number of halogens is 2. The number of aryl methyl sites for hydroxylation is 1. The number of benzene rings is 1. The van der Waals surface area contributed by atoms with Crippen LogP contribution >= 0.6 is 23.2 Å². The predicted octanol–water partition coefficient (Wildman–Crippen LogP) is 4.20. The Labute approximate surface area is 216 Å². The highest BCUT2D eigenvalue weighted by molar-refractivity contribution is 6.35. The average molecular weight is 518 g/mol. The molecule has 5 rings (SSSR count). The largest absolute Gasteiger partial charge is 0.396 e. The molecule has 1 aromatic carbocycles. The lowest BCUT2D eigenvalue weighted by atomic mass is 9.80. The van der Waals surface area contributed by atoms with E-state index in [4.69, 9.17) is 38.3 Å². The van der Waals surface area contributed by atoms with Crippen LogP contribution in [0.5, 0.6) is 0 Å². The molecule has 2 saturated heterocycles. The molecule has 0 bridgehead atoms. The SMILES string of the molecule is Cn1cc2nc(N3CC(C4CCCN(CCCCO)C4)C3)nc(NCc3ccc(Cl)cc3Cl)c2n1. The van der Waals surface area contributed by atoms with Crippen LogP contribution in [0.4, 0.5) is 11.8 Å². The normalized spacial score (nSPS) is 19.3. The molecular weight excluding hydrogens is 485 g/mol. The van der Waals surface area contributed by atoms with Crippen molar-refractivity contribution in [3.05, 3.63) is 40.0 Å². The van der Waals surface area contributed by atoms with Crippen LogP contribution in [-0.2, 0) is 13.6 Å². The second-order valence-corrected chi connectivity index (χ2v) is 10.6. The van der Waals surface area contributed by atoms with Gasteiger partial charge in [0.25, 0.3) is 0 Å². The summed E-state index contributed by atoms with van der Waals surface area (Å²) in [4.78, 5) is 14.5. The molecule has 2 aliphatic rings. The molecule has 0 spiro atoms. The van der Waals surface area contributed by atoms with Crippen molar-refractivity contribution >= 4 is 46.0 Å². The molecule has 0 radical (unpaired) electrons. The molecule has 3 aromatic rings. The highest BCUT2D eigenvalue weighted by Gasteiger charge is 2.37. The van der Waals surface area contributed by atoms with E-state index in [1.54, 1.807) is 10.7 Å². The first-order valence-corrected chi connectivity index (χ1v) is 13.2. The van der Waals surface area contributed by atoms with E-state index < -0.39 is 0 Å². The molecule has 0 saturated carbocycles. The molecule has 188 valence electrons. The van der Waals surface area contributed by atoms with Gasteiger partial charge in [-0.1, -0.05) is 29.3 Å². The van der Waals surface area contributed by atoms with Crippen LogP contribution < -0.4 is 10.2 Å². The zero-order valence-electron chi connectivity index (χ0n) is 20.1. The van der Waals surface area contributed by atoms with Crippen LogP contribution in [0.25, 0.3) is 11.0 Å². The summed E-state index contributed by atoms with van der Waals surface area (Å²) in [5.74, 6) is 2.86. The standard InChI is InChI=1S/C25H33Cl2N7O/c1-32-16-22-23(31-32)24(28-12-17-6-7-20(26)11-21(17)27)30-25(29-22)34-14-19(15-34)18-5-4-9-33(13-18)8-2-3-10-35/h6-7,11,16,18-19,35H,2-5,8-10,12-15H2,1H3,(H,28,29,30). The van der Waals surface area contributed by atoms with Crippen LogP contribution in [0, 0.1) is 11.8 Å². The Morgan fingerprint density at radius 3 is 2.77 bits per heavy atom. The lowest BCUT2D eigenvalue weighted by Crippen LogP contribution is -2.54. The van der Waals surface area contributed by atoms with E-state index in [-0.39, 0.29) is 0 Å². The number of nitrogens with one attached hydrogen (secondary N) is 1. The minimum Gasteiger partial charge on any atom is -0.396 e. The van der Waals surface area contributed by atoms with Gasteiger partial charge in [-0.2, -0.15) is 10.1 Å². The Hall–Kier alpha value is -2.13. The van der Waals surface area contributed by atoms with Crippen LogP contribution in [0.15, 0.2) is 24.4 Å². The first-order chi connectivity index (χ1) is 17.0. The zero-order chi connectivity index (χ0) is 24.4. The molecule has 2 N–H and O–H groups in total. The van der Waals surface area contributed by atoms with Gasteiger partial charge in [-0.3, -0.25) is 4.68 Å². The van der Waals surface area contributed by atoms with E-state index in [1.165, 1.54) is 25.9 Å². The van der Waals surface area contributed by atoms with Gasteiger partial charge in [0.15, 0.2) is 11.3 Å². The topological polar surface area (TPSA) is 82.3 Å².